The van der Waals surface area contributed by atoms with E-state index in [-0.39, 0.29) is 6.03 Å². The third-order valence-electron chi connectivity index (χ3n) is 5.95. The number of carbonyl (C=O) groups excluding carboxylic acids is 1. The molecule has 0 bridgehead atoms. The number of aromatic nitrogens is 7. The standard InChI is InChI=1S/C19H26N10OS/c20-17-16-18(22-10-21-17)28(11-23-16)6-7-29-8-12(26-27-29)4-2-1-3-5-14-15-13(9-31-14)24-19(30)25-15/h8,10-11,13-15H,1-7,9H2,(H2,20,21,22)(H2,24,25,30)/t13-,14-,15-/m0/s1. The number of imidazole rings is 1. The van der Waals surface area contributed by atoms with Crippen LogP contribution in [-0.4, -0.2) is 63.6 Å². The van der Waals surface area contributed by atoms with Crippen molar-refractivity contribution in [3.63, 3.8) is 0 Å². The monoisotopic (exact) mass is 442 g/mol. The Labute approximate surface area is 183 Å². The number of nitrogens with zero attached hydrogens (tertiary/aromatic N) is 7. The van der Waals surface area contributed by atoms with Crippen molar-refractivity contribution in [2.24, 2.45) is 0 Å². The Bertz CT molecular complexity index is 1070. The summed E-state index contributed by atoms with van der Waals surface area (Å²) in [4.78, 5) is 24.0. The van der Waals surface area contributed by atoms with Crippen molar-refractivity contribution >= 4 is 34.8 Å². The average Bonchev–Trinajstić information content (AvgIpc) is 3.52. The number of carbonyl (C=O) groups is 1. The molecule has 164 valence electrons. The van der Waals surface area contributed by atoms with Crippen LogP contribution in [0, 0.1) is 0 Å². The summed E-state index contributed by atoms with van der Waals surface area (Å²) in [6, 6.07) is 0.595. The van der Waals surface area contributed by atoms with Gasteiger partial charge in [-0.1, -0.05) is 18.1 Å². The van der Waals surface area contributed by atoms with Crippen molar-refractivity contribution in [2.45, 2.75) is 62.5 Å². The molecule has 0 spiro atoms. The molecule has 2 saturated heterocycles. The van der Waals surface area contributed by atoms with Gasteiger partial charge in [0.15, 0.2) is 11.5 Å². The molecule has 0 radical (unpaired) electrons. The molecule has 5 rings (SSSR count). The summed E-state index contributed by atoms with van der Waals surface area (Å²) in [6.45, 7) is 1.37. The van der Waals surface area contributed by atoms with Crippen LogP contribution in [0.3, 0.4) is 0 Å². The van der Waals surface area contributed by atoms with Crippen LogP contribution in [0.15, 0.2) is 18.9 Å². The Hall–Kier alpha value is -2.89. The van der Waals surface area contributed by atoms with Gasteiger partial charge in [0.25, 0.3) is 0 Å². The van der Waals surface area contributed by atoms with E-state index < -0.39 is 0 Å². The summed E-state index contributed by atoms with van der Waals surface area (Å²) in [5.41, 5.74) is 8.21. The molecule has 0 aromatic carbocycles. The first-order valence-electron chi connectivity index (χ1n) is 10.7. The molecular formula is C19H26N10OS. The maximum Gasteiger partial charge on any atom is 0.315 e. The molecule has 3 aromatic heterocycles. The third kappa shape index (κ3) is 4.29. The Kier molecular flexibility index (Phi) is 5.62. The fourth-order valence-corrected chi connectivity index (χ4v) is 5.85. The Morgan fingerprint density at radius 2 is 2.10 bits per heavy atom. The lowest BCUT2D eigenvalue weighted by atomic mass is 10.0. The van der Waals surface area contributed by atoms with Crippen LogP contribution in [0.5, 0.6) is 0 Å². The number of nitrogen functional groups attached to an aromatic ring is 1. The molecule has 2 aliphatic rings. The molecule has 2 aliphatic heterocycles. The topological polar surface area (TPSA) is 141 Å². The summed E-state index contributed by atoms with van der Waals surface area (Å²) in [5.74, 6) is 1.41. The summed E-state index contributed by atoms with van der Waals surface area (Å²) in [6.07, 6.45) is 10.7. The van der Waals surface area contributed by atoms with Gasteiger partial charge in [0.1, 0.15) is 11.8 Å². The lowest BCUT2D eigenvalue weighted by molar-refractivity contribution is 0.247. The zero-order valence-electron chi connectivity index (χ0n) is 17.1. The second-order valence-corrected chi connectivity index (χ2v) is 9.34. The maximum atomic E-state index is 11.5. The van der Waals surface area contributed by atoms with E-state index in [1.54, 1.807) is 6.33 Å². The van der Waals surface area contributed by atoms with Gasteiger partial charge in [-0.15, -0.1) is 5.10 Å². The molecule has 0 unspecified atom stereocenters. The molecule has 2 fully saturated rings. The smallest absolute Gasteiger partial charge is 0.315 e. The zero-order valence-corrected chi connectivity index (χ0v) is 18.0. The van der Waals surface area contributed by atoms with Gasteiger partial charge in [-0.05, 0) is 19.3 Å². The van der Waals surface area contributed by atoms with Gasteiger partial charge in [-0.2, -0.15) is 11.8 Å². The highest BCUT2D eigenvalue weighted by molar-refractivity contribution is 8.00. The van der Waals surface area contributed by atoms with E-state index in [1.807, 2.05) is 27.2 Å². The summed E-state index contributed by atoms with van der Waals surface area (Å²) in [5, 5.41) is 15.1. The van der Waals surface area contributed by atoms with Crippen molar-refractivity contribution in [1.82, 2.24) is 45.1 Å². The first-order valence-corrected chi connectivity index (χ1v) is 11.7. The first-order chi connectivity index (χ1) is 15.2. The van der Waals surface area contributed by atoms with Crippen LogP contribution in [0.25, 0.3) is 11.2 Å². The molecule has 3 aromatic rings. The molecule has 4 N–H and O–H groups in total. The lowest BCUT2D eigenvalue weighted by Crippen LogP contribution is -2.36. The summed E-state index contributed by atoms with van der Waals surface area (Å²) < 4.78 is 3.80. The SMILES string of the molecule is Nc1ncnc2c1ncn2CCn1cc(CCCCC[C@@H]2SC[C@@H]3NC(=O)N[C@@H]32)nn1. The van der Waals surface area contributed by atoms with Gasteiger partial charge in [0, 0.05) is 23.7 Å². The molecule has 12 heteroatoms. The number of thioether (sulfide) groups is 1. The summed E-state index contributed by atoms with van der Waals surface area (Å²) >= 11 is 1.98. The highest BCUT2D eigenvalue weighted by Crippen LogP contribution is 2.33. The van der Waals surface area contributed by atoms with Crippen LogP contribution < -0.4 is 16.4 Å². The molecule has 3 atom stereocenters. The predicted octanol–water partition coefficient (Wildman–Crippen LogP) is 0.968. The number of nitrogens with one attached hydrogen (secondary N) is 2. The number of hydrogen-bond donors (Lipinski definition) is 3. The number of unbranched alkanes of at least 4 members (excludes halogenated alkanes) is 2. The largest absolute Gasteiger partial charge is 0.382 e. The number of amides is 2. The fourth-order valence-electron chi connectivity index (χ4n) is 4.31. The lowest BCUT2D eigenvalue weighted by Gasteiger charge is -2.16. The fraction of sp³-hybridized carbons (Fsp3) is 0.579. The highest BCUT2D eigenvalue weighted by Gasteiger charge is 2.42. The Morgan fingerprint density at radius 1 is 1.16 bits per heavy atom. The van der Waals surface area contributed by atoms with Crippen LogP contribution >= 0.6 is 11.8 Å². The van der Waals surface area contributed by atoms with Crippen molar-refractivity contribution in [2.75, 3.05) is 11.5 Å². The van der Waals surface area contributed by atoms with Crippen molar-refractivity contribution in [3.05, 3.63) is 24.5 Å². The van der Waals surface area contributed by atoms with Crippen LogP contribution in [-0.2, 0) is 19.5 Å². The van der Waals surface area contributed by atoms with Gasteiger partial charge >= 0.3 is 6.03 Å². The van der Waals surface area contributed by atoms with Gasteiger partial charge in [-0.3, -0.25) is 4.68 Å². The predicted molar refractivity (Wildman–Crippen MR) is 117 cm³/mol. The molecule has 0 saturated carbocycles. The van der Waals surface area contributed by atoms with Crippen molar-refractivity contribution < 1.29 is 4.79 Å². The first kappa shape index (κ1) is 20.0. The number of anilines is 1. The van der Waals surface area contributed by atoms with E-state index in [0.29, 0.717) is 41.8 Å². The third-order valence-corrected chi connectivity index (χ3v) is 7.45. The molecule has 2 amide bonds. The van der Waals surface area contributed by atoms with E-state index in [9.17, 15) is 4.79 Å². The Morgan fingerprint density at radius 3 is 3.03 bits per heavy atom. The van der Waals surface area contributed by atoms with E-state index in [4.69, 9.17) is 5.73 Å². The van der Waals surface area contributed by atoms with E-state index in [0.717, 1.165) is 42.8 Å². The number of urea groups is 1. The Balaban J connectivity index is 1.04. The molecule has 0 aliphatic carbocycles. The molecular weight excluding hydrogens is 416 g/mol. The molecule has 31 heavy (non-hydrogen) atoms. The van der Waals surface area contributed by atoms with Gasteiger partial charge in [-0.25, -0.2) is 19.7 Å². The number of fused-ring (bicyclic) bond motifs is 2. The zero-order chi connectivity index (χ0) is 21.2. The average molecular weight is 443 g/mol. The van der Waals surface area contributed by atoms with Crippen molar-refractivity contribution in [3.8, 4) is 0 Å². The minimum atomic E-state index is -0.0120. The van der Waals surface area contributed by atoms with Crippen LogP contribution in [0.4, 0.5) is 10.6 Å². The maximum absolute atomic E-state index is 11.5. The minimum absolute atomic E-state index is 0.0120. The van der Waals surface area contributed by atoms with E-state index >= 15 is 0 Å². The van der Waals surface area contributed by atoms with Gasteiger partial charge in [0.2, 0.25) is 0 Å². The second-order valence-electron chi connectivity index (χ2n) is 8.06. The van der Waals surface area contributed by atoms with E-state index in [1.165, 1.54) is 12.7 Å². The van der Waals surface area contributed by atoms with Gasteiger partial charge in [0.05, 0.1) is 30.6 Å². The molecule has 11 nitrogen and oxygen atoms in total. The number of hydrogen-bond acceptors (Lipinski definition) is 8. The highest BCUT2D eigenvalue weighted by atomic mass is 32.2. The number of rotatable bonds is 9. The second kappa shape index (κ2) is 8.69. The van der Waals surface area contributed by atoms with Gasteiger partial charge < -0.3 is 20.9 Å². The minimum Gasteiger partial charge on any atom is -0.382 e. The molecule has 5 heterocycles. The number of nitrogens with two attached hydrogens (primary N) is 1. The quantitative estimate of drug-likeness (QED) is 0.329. The normalized spacial score (nSPS) is 22.6. The van der Waals surface area contributed by atoms with Crippen molar-refractivity contribution in [1.29, 1.82) is 0 Å². The summed E-state index contributed by atoms with van der Waals surface area (Å²) in [7, 11) is 0. The van der Waals surface area contributed by atoms with Crippen LogP contribution in [0.1, 0.15) is 31.4 Å². The van der Waals surface area contributed by atoms with Crippen LogP contribution in [0.2, 0.25) is 0 Å². The van der Waals surface area contributed by atoms with E-state index in [2.05, 4.69) is 35.9 Å². The number of aryl methyl sites for hydroxylation is 3.